The maximum Gasteiger partial charge on any atom is 0.126 e. The van der Waals surface area contributed by atoms with Gasteiger partial charge in [0.2, 0.25) is 0 Å². The van der Waals surface area contributed by atoms with Crippen LogP contribution in [0.1, 0.15) is 33.3 Å². The van der Waals surface area contributed by atoms with Crippen molar-refractivity contribution in [2.75, 3.05) is 6.54 Å². The number of hydrogen-bond donors (Lipinski definition) is 1. The first-order valence-electron chi connectivity index (χ1n) is 6.28. The Hall–Kier alpha value is -1.22. The second-order valence-corrected chi connectivity index (χ2v) is 5.11. The van der Waals surface area contributed by atoms with Gasteiger partial charge < -0.3 is 5.32 Å². The molecule has 0 aliphatic carbocycles. The lowest BCUT2D eigenvalue weighted by molar-refractivity contribution is 0.581. The van der Waals surface area contributed by atoms with E-state index in [1.54, 1.807) is 0 Å². The second kappa shape index (κ2) is 6.64. The van der Waals surface area contributed by atoms with Crippen LogP contribution in [0.25, 0.3) is 6.08 Å². The first-order valence-corrected chi connectivity index (χ1v) is 6.28. The Morgan fingerprint density at radius 2 is 1.67 bits per heavy atom. The van der Waals surface area contributed by atoms with Gasteiger partial charge in [0.25, 0.3) is 0 Å². The minimum Gasteiger partial charge on any atom is -0.311 e. The van der Waals surface area contributed by atoms with E-state index in [0.717, 1.165) is 18.2 Å². The molecular weight excluding hydrogens is 232 g/mol. The summed E-state index contributed by atoms with van der Waals surface area (Å²) < 4.78 is 26.2. The molecular formula is C15H21F2N. The van der Waals surface area contributed by atoms with Crippen LogP contribution in [-0.2, 0) is 0 Å². The summed E-state index contributed by atoms with van der Waals surface area (Å²) in [5.41, 5.74) is 1.70. The van der Waals surface area contributed by atoms with Crippen molar-refractivity contribution in [3.05, 3.63) is 41.0 Å². The smallest absolute Gasteiger partial charge is 0.126 e. The Bertz CT molecular complexity index is 402. The van der Waals surface area contributed by atoms with Crippen LogP contribution in [0.3, 0.4) is 0 Å². The summed E-state index contributed by atoms with van der Waals surface area (Å²) in [6.07, 6.45) is 1.85. The van der Waals surface area contributed by atoms with Crippen molar-refractivity contribution in [1.29, 1.82) is 0 Å². The normalized spacial score (nSPS) is 12.6. The number of hydrogen-bond acceptors (Lipinski definition) is 1. The van der Waals surface area contributed by atoms with E-state index >= 15 is 0 Å². The third-order valence-electron chi connectivity index (χ3n) is 2.69. The van der Waals surface area contributed by atoms with Crippen molar-refractivity contribution >= 4 is 6.08 Å². The largest absolute Gasteiger partial charge is 0.311 e. The van der Waals surface area contributed by atoms with Crippen molar-refractivity contribution in [2.24, 2.45) is 5.92 Å². The van der Waals surface area contributed by atoms with Gasteiger partial charge in [0.05, 0.1) is 0 Å². The van der Waals surface area contributed by atoms with Crippen LogP contribution >= 0.6 is 0 Å². The molecule has 18 heavy (non-hydrogen) atoms. The first kappa shape index (κ1) is 14.8. The topological polar surface area (TPSA) is 12.0 Å². The van der Waals surface area contributed by atoms with Gasteiger partial charge in [-0.25, -0.2) is 8.78 Å². The van der Waals surface area contributed by atoms with Gasteiger partial charge in [-0.2, -0.15) is 0 Å². The van der Waals surface area contributed by atoms with Crippen molar-refractivity contribution in [3.63, 3.8) is 0 Å². The van der Waals surface area contributed by atoms with E-state index < -0.39 is 11.6 Å². The van der Waals surface area contributed by atoms with Gasteiger partial charge in [-0.05, 0) is 23.6 Å². The van der Waals surface area contributed by atoms with Gasteiger partial charge in [-0.3, -0.25) is 0 Å². The summed E-state index contributed by atoms with van der Waals surface area (Å²) in [5, 5.41) is 3.32. The molecule has 0 radical (unpaired) electrons. The molecule has 0 heterocycles. The molecule has 1 aromatic rings. The van der Waals surface area contributed by atoms with Crippen LogP contribution in [0.2, 0.25) is 0 Å². The molecule has 0 bridgehead atoms. The Morgan fingerprint density at radius 3 is 2.11 bits per heavy atom. The van der Waals surface area contributed by atoms with Gasteiger partial charge in [-0.1, -0.05) is 39.3 Å². The van der Waals surface area contributed by atoms with Gasteiger partial charge >= 0.3 is 0 Å². The molecule has 1 rings (SSSR count). The fraction of sp³-hybridized carbons (Fsp3) is 0.467. The molecule has 1 aromatic carbocycles. The van der Waals surface area contributed by atoms with E-state index in [1.807, 2.05) is 6.08 Å². The van der Waals surface area contributed by atoms with Gasteiger partial charge in [-0.15, -0.1) is 0 Å². The van der Waals surface area contributed by atoms with E-state index in [-0.39, 0.29) is 0 Å². The third-order valence-corrected chi connectivity index (χ3v) is 2.69. The highest BCUT2D eigenvalue weighted by atomic mass is 19.1. The van der Waals surface area contributed by atoms with E-state index in [1.165, 1.54) is 12.1 Å². The second-order valence-electron chi connectivity index (χ2n) is 5.11. The fourth-order valence-corrected chi connectivity index (χ4v) is 1.62. The van der Waals surface area contributed by atoms with Crippen molar-refractivity contribution in [3.8, 4) is 0 Å². The lowest BCUT2D eigenvalue weighted by Gasteiger charge is -2.15. The van der Waals surface area contributed by atoms with Crippen LogP contribution in [0.5, 0.6) is 0 Å². The highest BCUT2D eigenvalue weighted by Crippen LogP contribution is 2.16. The van der Waals surface area contributed by atoms with Crippen molar-refractivity contribution in [2.45, 2.75) is 33.7 Å². The molecule has 0 saturated heterocycles. The highest BCUT2D eigenvalue weighted by molar-refractivity contribution is 5.53. The summed E-state index contributed by atoms with van der Waals surface area (Å²) in [5.74, 6) is -0.745. The Labute approximate surface area is 108 Å². The van der Waals surface area contributed by atoms with Crippen molar-refractivity contribution in [1.82, 2.24) is 5.32 Å². The molecule has 0 aliphatic heterocycles. The third kappa shape index (κ3) is 4.96. The molecule has 0 aliphatic rings. The summed E-state index contributed by atoms with van der Waals surface area (Å²) in [6.45, 7) is 9.01. The van der Waals surface area contributed by atoms with Gasteiger partial charge in [0, 0.05) is 18.7 Å². The van der Waals surface area contributed by atoms with Gasteiger partial charge in [0.15, 0.2) is 0 Å². The van der Waals surface area contributed by atoms with Crippen molar-refractivity contribution < 1.29 is 8.78 Å². The molecule has 1 nitrogen and oxygen atoms in total. The summed E-state index contributed by atoms with van der Waals surface area (Å²) in [4.78, 5) is 0. The molecule has 3 heteroatoms. The summed E-state index contributed by atoms with van der Waals surface area (Å²) in [7, 11) is 0. The fourth-order valence-electron chi connectivity index (χ4n) is 1.62. The predicted octanol–water partition coefficient (Wildman–Crippen LogP) is 4.00. The van der Waals surface area contributed by atoms with Crippen LogP contribution in [0.15, 0.2) is 23.8 Å². The first-order chi connectivity index (χ1) is 8.38. The zero-order chi connectivity index (χ0) is 13.7. The average Bonchev–Trinajstić information content (AvgIpc) is 2.22. The average molecular weight is 253 g/mol. The number of benzene rings is 1. The molecule has 1 N–H and O–H groups in total. The molecule has 0 atom stereocenters. The highest BCUT2D eigenvalue weighted by Gasteiger charge is 2.06. The van der Waals surface area contributed by atoms with Crippen LogP contribution in [0, 0.1) is 17.6 Å². The molecule has 0 saturated carbocycles. The van der Waals surface area contributed by atoms with Crippen LogP contribution in [0.4, 0.5) is 8.78 Å². The summed E-state index contributed by atoms with van der Waals surface area (Å²) in [6, 6.07) is 3.97. The SMILES string of the molecule is CC(C)NC/C(=C/c1cc(F)cc(F)c1)C(C)C. The molecule has 0 spiro atoms. The monoisotopic (exact) mass is 253 g/mol. The predicted molar refractivity (Wildman–Crippen MR) is 72.3 cm³/mol. The molecule has 0 fully saturated rings. The summed E-state index contributed by atoms with van der Waals surface area (Å²) >= 11 is 0. The van der Waals surface area contributed by atoms with E-state index in [4.69, 9.17) is 0 Å². The zero-order valence-electron chi connectivity index (χ0n) is 11.4. The zero-order valence-corrected chi connectivity index (χ0v) is 11.4. The van der Waals surface area contributed by atoms with E-state index in [2.05, 4.69) is 33.0 Å². The molecule has 0 unspecified atom stereocenters. The van der Waals surface area contributed by atoms with Crippen LogP contribution in [-0.4, -0.2) is 12.6 Å². The minimum absolute atomic E-state index is 0.336. The minimum atomic E-state index is -0.541. The number of nitrogens with one attached hydrogen (secondary N) is 1. The number of halogens is 2. The standard InChI is InChI=1S/C15H21F2N/c1-10(2)13(9-18-11(3)4)5-12-6-14(16)8-15(17)7-12/h5-8,10-11,18H,9H2,1-4H3/b13-5-. The molecule has 0 amide bonds. The van der Waals surface area contributed by atoms with E-state index in [9.17, 15) is 8.78 Å². The van der Waals surface area contributed by atoms with E-state index in [0.29, 0.717) is 17.5 Å². The van der Waals surface area contributed by atoms with Crippen LogP contribution < -0.4 is 5.32 Å². The molecule has 0 aromatic heterocycles. The lowest BCUT2D eigenvalue weighted by Crippen LogP contribution is -2.26. The number of rotatable bonds is 5. The maximum absolute atomic E-state index is 13.1. The Balaban J connectivity index is 2.93. The Kier molecular flexibility index (Phi) is 5.48. The quantitative estimate of drug-likeness (QED) is 0.836. The maximum atomic E-state index is 13.1. The molecule has 100 valence electrons. The lowest BCUT2D eigenvalue weighted by atomic mass is 10.00. The van der Waals surface area contributed by atoms with Gasteiger partial charge in [0.1, 0.15) is 11.6 Å². The Morgan fingerprint density at radius 1 is 1.11 bits per heavy atom.